The van der Waals surface area contributed by atoms with Gasteiger partial charge >= 0.3 is 24.3 Å². The molecule has 0 radical (unpaired) electrons. The Hall–Kier alpha value is -3.21. The summed E-state index contributed by atoms with van der Waals surface area (Å²) in [6, 6.07) is 4.30. The number of rotatable bonds is 3. The number of halogens is 6. The number of amides is 1. The summed E-state index contributed by atoms with van der Waals surface area (Å²) in [6.07, 6.45) is -6.41. The van der Waals surface area contributed by atoms with Crippen LogP contribution in [0.25, 0.3) is 0 Å². The third-order valence-corrected chi connectivity index (χ3v) is 6.50. The van der Waals surface area contributed by atoms with Crippen LogP contribution in [0, 0.1) is 12.8 Å². The molecule has 0 aliphatic carbocycles. The molecular weight excluding hydrogens is 556 g/mol. The molecule has 4 rings (SSSR count). The van der Waals surface area contributed by atoms with Crippen molar-refractivity contribution in [1.82, 2.24) is 20.4 Å². The predicted molar refractivity (Wildman–Crippen MR) is 126 cm³/mol. The average Bonchev–Trinajstić information content (AvgIpc) is 3.29. The lowest BCUT2D eigenvalue weighted by Gasteiger charge is -2.34. The maximum atomic E-state index is 12.6. The van der Waals surface area contributed by atoms with Crippen molar-refractivity contribution in [2.45, 2.75) is 63.2 Å². The fraction of sp³-hybridized carbons (Fsp3) is 0.696. The highest BCUT2D eigenvalue weighted by Gasteiger charge is 2.43. The van der Waals surface area contributed by atoms with Crippen LogP contribution in [0.5, 0.6) is 0 Å². The van der Waals surface area contributed by atoms with E-state index >= 15 is 0 Å². The van der Waals surface area contributed by atoms with Gasteiger partial charge in [-0.05, 0) is 70.8 Å². The number of nitrogens with one attached hydrogen (secondary N) is 1. The minimum absolute atomic E-state index is 0.0793. The second-order valence-corrected chi connectivity index (χ2v) is 9.62. The normalized spacial score (nSPS) is 23.6. The van der Waals surface area contributed by atoms with Crippen molar-refractivity contribution in [2.24, 2.45) is 5.92 Å². The van der Waals surface area contributed by atoms with Crippen LogP contribution >= 0.6 is 0 Å². The van der Waals surface area contributed by atoms with E-state index in [9.17, 15) is 31.1 Å². The minimum atomic E-state index is -5.08. The fourth-order valence-corrected chi connectivity index (χ4v) is 4.31. The number of aromatic nitrogens is 2. The first-order valence-corrected chi connectivity index (χ1v) is 12.3. The first-order chi connectivity index (χ1) is 18.5. The van der Waals surface area contributed by atoms with E-state index in [1.54, 1.807) is 0 Å². The van der Waals surface area contributed by atoms with Gasteiger partial charge in [-0.2, -0.15) is 31.4 Å². The molecule has 3 N–H and O–H groups in total. The van der Waals surface area contributed by atoms with Gasteiger partial charge in [-0.1, -0.05) is 0 Å². The molecule has 3 aliphatic heterocycles. The van der Waals surface area contributed by atoms with Gasteiger partial charge in [0.25, 0.3) is 0 Å². The van der Waals surface area contributed by atoms with Gasteiger partial charge in [0.05, 0.1) is 11.8 Å². The zero-order chi connectivity index (χ0) is 30.3. The average molecular weight is 588 g/mol. The van der Waals surface area contributed by atoms with Gasteiger partial charge in [-0.15, -0.1) is 5.10 Å². The molecule has 1 aromatic rings. The quantitative estimate of drug-likeness (QED) is 0.451. The van der Waals surface area contributed by atoms with Crippen LogP contribution in [0.4, 0.5) is 32.2 Å². The number of fused-ring (bicyclic) bond motifs is 1. The Morgan fingerprint density at radius 3 is 1.98 bits per heavy atom. The van der Waals surface area contributed by atoms with Crippen LogP contribution < -0.4 is 10.2 Å². The second kappa shape index (κ2) is 13.9. The molecule has 11 nitrogen and oxygen atoms in total. The van der Waals surface area contributed by atoms with Crippen molar-refractivity contribution in [3.63, 3.8) is 0 Å². The minimum Gasteiger partial charge on any atom is -0.475 e. The summed E-state index contributed by atoms with van der Waals surface area (Å²) in [5, 5.41) is 25.9. The Labute approximate surface area is 225 Å². The number of carboxylic acid groups (broad SMARTS) is 2. The molecule has 4 heterocycles. The molecule has 1 amide bonds. The van der Waals surface area contributed by atoms with E-state index < -0.39 is 24.3 Å². The van der Waals surface area contributed by atoms with E-state index in [-0.39, 0.29) is 18.1 Å². The number of nitrogens with zero attached hydrogens (tertiary/aromatic N) is 4. The summed E-state index contributed by atoms with van der Waals surface area (Å²) in [5.74, 6) is -4.06. The van der Waals surface area contributed by atoms with Crippen LogP contribution in [0.3, 0.4) is 0 Å². The molecule has 40 heavy (non-hydrogen) atoms. The number of likely N-dealkylation sites (tertiary alicyclic amines) is 1. The smallest absolute Gasteiger partial charge is 0.475 e. The molecular formula is C23H31F6N5O6. The van der Waals surface area contributed by atoms with Gasteiger partial charge in [-0.25, -0.2) is 9.59 Å². The number of carbonyl (C=O) groups excluding carboxylic acids is 1. The largest absolute Gasteiger partial charge is 0.490 e. The number of hydrogen-bond donors (Lipinski definition) is 3. The number of anilines is 1. The number of ether oxygens (including phenoxy) is 1. The topological polar surface area (TPSA) is 145 Å². The van der Waals surface area contributed by atoms with Crippen LogP contribution in [-0.4, -0.2) is 107 Å². The Balaban J connectivity index is 0.000000333. The van der Waals surface area contributed by atoms with Crippen LogP contribution in [0.15, 0.2) is 12.1 Å². The Morgan fingerprint density at radius 2 is 1.50 bits per heavy atom. The summed E-state index contributed by atoms with van der Waals surface area (Å²) in [6.45, 7) is 5.78. The third kappa shape index (κ3) is 10.4. The van der Waals surface area contributed by atoms with Crippen LogP contribution in [0.1, 0.15) is 31.4 Å². The molecule has 3 atom stereocenters. The monoisotopic (exact) mass is 587 g/mol. The van der Waals surface area contributed by atoms with E-state index in [2.05, 4.69) is 32.4 Å². The lowest BCUT2D eigenvalue weighted by Crippen LogP contribution is -2.47. The molecule has 0 spiro atoms. The van der Waals surface area contributed by atoms with Crippen molar-refractivity contribution in [3.05, 3.63) is 17.8 Å². The summed E-state index contributed by atoms with van der Waals surface area (Å²) in [7, 11) is 2.13. The highest BCUT2D eigenvalue weighted by molar-refractivity contribution is 5.81. The number of hydrogen-bond acceptors (Lipinski definition) is 8. The molecule has 0 saturated carbocycles. The van der Waals surface area contributed by atoms with Gasteiger partial charge in [0.1, 0.15) is 6.10 Å². The standard InChI is InChI=1S/C19H29N5O2.2C2HF3O2/c1-13-3-4-18(22-21-13)24-10-5-14-11-16(26-17(14)12-24)19(25)20-15-6-8-23(2)9-7-15;2*3-2(4,5)1(6)7/h3-4,14-17H,5-12H2,1-2H3,(H,20,25);2*(H,6,7)/t14-,16+,17-;;/m0../s1. The van der Waals surface area contributed by atoms with E-state index in [4.69, 9.17) is 24.5 Å². The molecule has 3 aliphatic rings. The lowest BCUT2D eigenvalue weighted by molar-refractivity contribution is -0.193. The van der Waals surface area contributed by atoms with Crippen molar-refractivity contribution in [1.29, 1.82) is 0 Å². The molecule has 17 heteroatoms. The van der Waals surface area contributed by atoms with Gasteiger partial charge in [-0.3, -0.25) is 4.79 Å². The Morgan fingerprint density at radius 1 is 0.950 bits per heavy atom. The number of piperidine rings is 2. The lowest BCUT2D eigenvalue weighted by atomic mass is 9.91. The van der Waals surface area contributed by atoms with E-state index in [0.29, 0.717) is 12.0 Å². The zero-order valence-electron chi connectivity index (χ0n) is 21.7. The van der Waals surface area contributed by atoms with Crippen molar-refractivity contribution < 1.29 is 55.7 Å². The van der Waals surface area contributed by atoms with Crippen LogP contribution in [0.2, 0.25) is 0 Å². The van der Waals surface area contributed by atoms with Crippen molar-refractivity contribution in [3.8, 4) is 0 Å². The maximum Gasteiger partial charge on any atom is 0.490 e. The van der Waals surface area contributed by atoms with Crippen molar-refractivity contribution >= 4 is 23.7 Å². The van der Waals surface area contributed by atoms with Gasteiger partial charge < -0.3 is 30.1 Å². The molecule has 0 unspecified atom stereocenters. The SMILES string of the molecule is Cc1ccc(N2CC[C@H]3C[C@H](C(=O)NC4CCN(C)CC4)O[C@H]3C2)nn1.O=C(O)C(F)(F)F.O=C(O)C(F)(F)F. The van der Waals surface area contributed by atoms with Crippen LogP contribution in [-0.2, 0) is 19.1 Å². The molecule has 3 saturated heterocycles. The highest BCUT2D eigenvalue weighted by Crippen LogP contribution is 2.34. The number of carboxylic acids is 2. The van der Waals surface area contributed by atoms with Crippen molar-refractivity contribution in [2.75, 3.05) is 38.1 Å². The number of aryl methyl sites for hydroxylation is 1. The molecule has 3 fully saturated rings. The summed E-state index contributed by atoms with van der Waals surface area (Å²) < 4.78 is 69.6. The summed E-state index contributed by atoms with van der Waals surface area (Å²) >= 11 is 0. The first kappa shape index (κ1) is 33.0. The van der Waals surface area contributed by atoms with E-state index in [1.165, 1.54) is 0 Å². The van der Waals surface area contributed by atoms with Gasteiger partial charge in [0, 0.05) is 19.1 Å². The molecule has 0 bridgehead atoms. The molecule has 1 aromatic heterocycles. The molecule has 226 valence electrons. The predicted octanol–water partition coefficient (Wildman–Crippen LogP) is 2.25. The Kier molecular flexibility index (Phi) is 11.5. The number of carbonyl (C=O) groups is 3. The van der Waals surface area contributed by atoms with Gasteiger partial charge in [0.15, 0.2) is 5.82 Å². The number of alkyl halides is 6. The maximum absolute atomic E-state index is 12.6. The third-order valence-electron chi connectivity index (χ3n) is 6.50. The zero-order valence-corrected chi connectivity index (χ0v) is 21.7. The first-order valence-electron chi connectivity index (χ1n) is 12.3. The fourth-order valence-electron chi connectivity index (χ4n) is 4.31. The van der Waals surface area contributed by atoms with E-state index in [1.807, 2.05) is 19.1 Å². The van der Waals surface area contributed by atoms with E-state index in [0.717, 1.165) is 63.4 Å². The van der Waals surface area contributed by atoms with Gasteiger partial charge in [0.2, 0.25) is 5.91 Å². The second-order valence-electron chi connectivity index (χ2n) is 9.62. The summed E-state index contributed by atoms with van der Waals surface area (Å²) in [5.41, 5.74) is 0.923. The number of aliphatic carboxylic acids is 2. The summed E-state index contributed by atoms with van der Waals surface area (Å²) in [4.78, 5) is 35.0. The Bertz CT molecular complexity index is 977. The molecule has 0 aromatic carbocycles. The highest BCUT2D eigenvalue weighted by atomic mass is 19.4.